The maximum Gasteiger partial charge on any atom is 0.134 e. The van der Waals surface area contributed by atoms with Gasteiger partial charge in [0.25, 0.3) is 0 Å². The highest BCUT2D eigenvalue weighted by Gasteiger charge is 2.31. The van der Waals surface area contributed by atoms with E-state index in [9.17, 15) is 0 Å². The zero-order valence-corrected chi connectivity index (χ0v) is 14.4. The molecule has 1 aliphatic rings. The van der Waals surface area contributed by atoms with Crippen molar-refractivity contribution in [2.75, 3.05) is 6.54 Å². The van der Waals surface area contributed by atoms with Gasteiger partial charge in [-0.2, -0.15) is 0 Å². The van der Waals surface area contributed by atoms with Crippen LogP contribution in [0.1, 0.15) is 82.3 Å². The summed E-state index contributed by atoms with van der Waals surface area (Å²) >= 11 is 1.81. The molecule has 0 amide bonds. The highest BCUT2D eigenvalue weighted by atomic mass is 32.1. The van der Waals surface area contributed by atoms with Crippen LogP contribution in [0.25, 0.3) is 0 Å². The van der Waals surface area contributed by atoms with E-state index in [1.807, 2.05) is 11.3 Å². The van der Waals surface area contributed by atoms with Crippen molar-refractivity contribution in [1.29, 1.82) is 0 Å². The lowest BCUT2D eigenvalue weighted by molar-refractivity contribution is 0.169. The summed E-state index contributed by atoms with van der Waals surface area (Å²) in [6, 6.07) is 0.331. The summed E-state index contributed by atoms with van der Waals surface area (Å²) in [5.41, 5.74) is 0.455. The molecule has 1 unspecified atom stereocenters. The molecule has 3 nitrogen and oxygen atoms in total. The van der Waals surface area contributed by atoms with E-state index in [0.717, 1.165) is 17.5 Å². The van der Waals surface area contributed by atoms with E-state index in [1.54, 1.807) is 0 Å². The fourth-order valence-corrected chi connectivity index (χ4v) is 4.23. The summed E-state index contributed by atoms with van der Waals surface area (Å²) in [6.45, 7) is 12.4. The van der Waals surface area contributed by atoms with E-state index in [1.165, 1.54) is 30.7 Å². The minimum Gasteiger partial charge on any atom is -0.308 e. The second kappa shape index (κ2) is 6.52. The van der Waals surface area contributed by atoms with Crippen molar-refractivity contribution in [2.45, 2.75) is 72.3 Å². The van der Waals surface area contributed by atoms with Gasteiger partial charge in [0.1, 0.15) is 10.0 Å². The molecule has 0 spiro atoms. The molecular weight excluding hydrogens is 266 g/mol. The number of nitrogens with one attached hydrogen (secondary N) is 1. The first-order chi connectivity index (χ1) is 9.41. The predicted molar refractivity (Wildman–Crippen MR) is 86.2 cm³/mol. The van der Waals surface area contributed by atoms with E-state index in [0.29, 0.717) is 17.4 Å². The summed E-state index contributed by atoms with van der Waals surface area (Å²) < 4.78 is 0. The van der Waals surface area contributed by atoms with Gasteiger partial charge >= 0.3 is 0 Å². The van der Waals surface area contributed by atoms with Gasteiger partial charge in [0.2, 0.25) is 0 Å². The van der Waals surface area contributed by atoms with Crippen LogP contribution in [0.2, 0.25) is 0 Å². The molecule has 0 bridgehead atoms. The average molecular weight is 295 g/mol. The Morgan fingerprint density at radius 3 is 2.40 bits per heavy atom. The smallest absolute Gasteiger partial charge is 0.134 e. The topological polar surface area (TPSA) is 37.8 Å². The van der Waals surface area contributed by atoms with Crippen molar-refractivity contribution < 1.29 is 0 Å². The van der Waals surface area contributed by atoms with E-state index in [4.69, 9.17) is 0 Å². The maximum atomic E-state index is 4.46. The molecule has 0 saturated heterocycles. The van der Waals surface area contributed by atoms with Crippen molar-refractivity contribution in [3.8, 4) is 0 Å². The third-order valence-corrected chi connectivity index (χ3v) is 5.91. The molecule has 20 heavy (non-hydrogen) atoms. The highest BCUT2D eigenvalue weighted by Crippen LogP contribution is 2.43. The molecule has 1 N–H and O–H groups in total. The van der Waals surface area contributed by atoms with E-state index in [2.05, 4.69) is 50.1 Å². The van der Waals surface area contributed by atoms with Crippen LogP contribution >= 0.6 is 11.3 Å². The third-order valence-electron chi connectivity index (χ3n) is 4.64. The van der Waals surface area contributed by atoms with Gasteiger partial charge in [0.05, 0.1) is 6.04 Å². The molecule has 114 valence electrons. The normalized spacial score (nSPS) is 25.6. The van der Waals surface area contributed by atoms with Crippen LogP contribution in [0.5, 0.6) is 0 Å². The fourth-order valence-electron chi connectivity index (χ4n) is 3.19. The molecule has 0 aromatic carbocycles. The Labute approximate surface area is 127 Å². The molecule has 2 rings (SSSR count). The molecule has 1 fully saturated rings. The SMILES string of the molecule is CCNC(C)c1nnc(C2CCC(C(C)(C)C)CC2)s1. The van der Waals surface area contributed by atoms with E-state index < -0.39 is 0 Å². The van der Waals surface area contributed by atoms with E-state index >= 15 is 0 Å². The molecule has 1 aromatic rings. The van der Waals surface area contributed by atoms with Crippen LogP contribution in [0.3, 0.4) is 0 Å². The number of rotatable bonds is 4. The lowest BCUT2D eigenvalue weighted by Crippen LogP contribution is -2.25. The molecule has 4 heteroatoms. The molecule has 0 radical (unpaired) electrons. The molecular formula is C16H29N3S. The lowest BCUT2D eigenvalue weighted by Gasteiger charge is -2.36. The zero-order chi connectivity index (χ0) is 14.8. The van der Waals surface area contributed by atoms with Gasteiger partial charge in [-0.15, -0.1) is 10.2 Å². The quantitative estimate of drug-likeness (QED) is 0.887. The molecule has 1 saturated carbocycles. The second-order valence-corrected chi connectivity index (χ2v) is 8.21. The van der Waals surface area contributed by atoms with Gasteiger partial charge in [-0.3, -0.25) is 0 Å². The molecule has 1 atom stereocenters. The summed E-state index contributed by atoms with van der Waals surface area (Å²) in [5.74, 6) is 1.51. The Balaban J connectivity index is 1.94. The molecule has 1 aromatic heterocycles. The van der Waals surface area contributed by atoms with Crippen LogP contribution in [0.15, 0.2) is 0 Å². The number of aromatic nitrogens is 2. The monoisotopic (exact) mass is 295 g/mol. The van der Waals surface area contributed by atoms with Crippen LogP contribution in [0, 0.1) is 11.3 Å². The Morgan fingerprint density at radius 1 is 1.20 bits per heavy atom. The van der Waals surface area contributed by atoms with Gasteiger partial charge in [-0.25, -0.2) is 0 Å². The van der Waals surface area contributed by atoms with Crippen LogP contribution in [-0.2, 0) is 0 Å². The van der Waals surface area contributed by atoms with Crippen molar-refractivity contribution in [3.63, 3.8) is 0 Å². The zero-order valence-electron chi connectivity index (χ0n) is 13.6. The third kappa shape index (κ3) is 3.79. The first kappa shape index (κ1) is 15.9. The molecule has 1 heterocycles. The summed E-state index contributed by atoms with van der Waals surface area (Å²) in [7, 11) is 0. The van der Waals surface area contributed by atoms with E-state index in [-0.39, 0.29) is 0 Å². The number of hydrogen-bond donors (Lipinski definition) is 1. The Bertz CT molecular complexity index is 414. The van der Waals surface area contributed by atoms with Gasteiger partial charge in [0.15, 0.2) is 0 Å². The lowest BCUT2D eigenvalue weighted by atomic mass is 9.70. The first-order valence-corrected chi connectivity index (χ1v) is 8.80. The Kier molecular flexibility index (Phi) is 5.19. The van der Waals surface area contributed by atoms with Crippen molar-refractivity contribution in [2.24, 2.45) is 11.3 Å². The van der Waals surface area contributed by atoms with Gasteiger partial charge in [-0.1, -0.05) is 39.0 Å². The van der Waals surface area contributed by atoms with Crippen molar-refractivity contribution >= 4 is 11.3 Å². The van der Waals surface area contributed by atoms with Gasteiger partial charge in [0, 0.05) is 5.92 Å². The summed E-state index contributed by atoms with van der Waals surface area (Å²) in [5, 5.41) is 14.7. The summed E-state index contributed by atoms with van der Waals surface area (Å²) in [4.78, 5) is 0. The second-order valence-electron chi connectivity index (χ2n) is 7.17. The average Bonchev–Trinajstić information content (AvgIpc) is 2.88. The number of hydrogen-bond acceptors (Lipinski definition) is 4. The van der Waals surface area contributed by atoms with Crippen LogP contribution in [-0.4, -0.2) is 16.7 Å². The first-order valence-electron chi connectivity index (χ1n) is 7.98. The van der Waals surface area contributed by atoms with Crippen LogP contribution in [0.4, 0.5) is 0 Å². The largest absolute Gasteiger partial charge is 0.308 e. The van der Waals surface area contributed by atoms with Crippen LogP contribution < -0.4 is 5.32 Å². The highest BCUT2D eigenvalue weighted by molar-refractivity contribution is 7.11. The van der Waals surface area contributed by atoms with Crippen molar-refractivity contribution in [3.05, 3.63) is 10.0 Å². The number of nitrogens with zero attached hydrogens (tertiary/aromatic N) is 2. The summed E-state index contributed by atoms with van der Waals surface area (Å²) in [6.07, 6.45) is 5.25. The Morgan fingerprint density at radius 2 is 1.85 bits per heavy atom. The molecule has 1 aliphatic carbocycles. The maximum absolute atomic E-state index is 4.46. The predicted octanol–water partition coefficient (Wildman–Crippen LogP) is 4.53. The minimum absolute atomic E-state index is 0.331. The minimum atomic E-state index is 0.331. The Hall–Kier alpha value is -0.480. The fraction of sp³-hybridized carbons (Fsp3) is 0.875. The van der Waals surface area contributed by atoms with Gasteiger partial charge < -0.3 is 5.32 Å². The standard InChI is InChI=1S/C16H29N3S/c1-6-17-11(2)14-18-19-15(20-14)12-7-9-13(10-8-12)16(3,4)5/h11-13,17H,6-10H2,1-5H3. The molecule has 0 aliphatic heterocycles. The van der Waals surface area contributed by atoms with Gasteiger partial charge in [-0.05, 0) is 50.5 Å². The van der Waals surface area contributed by atoms with Crippen molar-refractivity contribution in [1.82, 2.24) is 15.5 Å².